The minimum atomic E-state index is -3.21. The van der Waals surface area contributed by atoms with Crippen molar-refractivity contribution in [3.05, 3.63) is 277 Å². The van der Waals surface area contributed by atoms with E-state index in [4.69, 9.17) is 53.1 Å². The average Bonchev–Trinajstić information content (AvgIpc) is 1.62. The van der Waals surface area contributed by atoms with E-state index in [1.165, 1.54) is 113 Å². The van der Waals surface area contributed by atoms with E-state index in [0.29, 0.717) is 195 Å². The van der Waals surface area contributed by atoms with Gasteiger partial charge in [-0.05, 0) is 141 Å². The number of piperazine rings is 2. The van der Waals surface area contributed by atoms with Crippen molar-refractivity contribution in [1.29, 1.82) is 0 Å². The highest BCUT2D eigenvalue weighted by molar-refractivity contribution is 9.11. The Morgan fingerprint density at radius 3 is 1.14 bits per heavy atom. The summed E-state index contributed by atoms with van der Waals surface area (Å²) in [5.41, 5.74) is 7.31. The molecule has 9 aliphatic rings. The summed E-state index contributed by atoms with van der Waals surface area (Å²) in [7, 11) is -3.48. The largest absolute Gasteiger partial charge is 0.497 e. The number of esters is 5. The Labute approximate surface area is 848 Å². The highest BCUT2D eigenvalue weighted by atomic mass is 79.9. The van der Waals surface area contributed by atoms with Gasteiger partial charge in [0.15, 0.2) is 43.4 Å². The van der Waals surface area contributed by atoms with Crippen molar-refractivity contribution in [3.8, 4) is 5.75 Å². The zero-order chi connectivity index (χ0) is 99.0. The van der Waals surface area contributed by atoms with Gasteiger partial charge in [0.05, 0.1) is 106 Å². The number of aliphatic imine (C=N–C) groups is 4. The van der Waals surface area contributed by atoms with E-state index in [1.54, 1.807) is 93.7 Å². The van der Waals surface area contributed by atoms with E-state index in [-0.39, 0.29) is 73.7 Å². The van der Waals surface area contributed by atoms with E-state index in [0.717, 1.165) is 11.3 Å². The Hall–Kier alpha value is -10.5. The van der Waals surface area contributed by atoms with Crippen LogP contribution in [-0.2, 0) is 83.4 Å². The number of ether oxygens (including phenoxy) is 7. The van der Waals surface area contributed by atoms with Gasteiger partial charge in [0, 0.05) is 140 Å². The molecule has 0 unspecified atom stereocenters. The lowest BCUT2D eigenvalue weighted by Gasteiger charge is -2.46. The van der Waals surface area contributed by atoms with Gasteiger partial charge < -0.3 is 57.7 Å². The molecular weight excluding hydrogens is 2190 g/mol. The summed E-state index contributed by atoms with van der Waals surface area (Å²) in [6.45, 7) is 11.6. The van der Waals surface area contributed by atoms with Crippen LogP contribution in [-0.4, -0.2) is 255 Å². The van der Waals surface area contributed by atoms with Crippen LogP contribution >= 0.6 is 109 Å². The van der Waals surface area contributed by atoms with Gasteiger partial charge >= 0.3 is 29.8 Å². The lowest BCUT2D eigenvalue weighted by Crippen LogP contribution is -2.59. The van der Waals surface area contributed by atoms with Crippen molar-refractivity contribution in [3.63, 3.8) is 0 Å². The van der Waals surface area contributed by atoms with Gasteiger partial charge in [-0.1, -0.05) is 100 Å². The number of hydrogen-bond donors (Lipinski definition) is 0. The van der Waals surface area contributed by atoms with Crippen molar-refractivity contribution < 1.29 is 96.3 Å². The van der Waals surface area contributed by atoms with Crippen LogP contribution in [0.5, 0.6) is 5.75 Å². The molecule has 5 saturated heterocycles. The molecule has 5 aromatic carbocycles. The smallest absolute Gasteiger partial charge is 0.338 e. The molecule has 45 heteroatoms. The maximum atomic E-state index is 14.1. The Kier molecular flexibility index (Phi) is 33.5. The molecule has 5 fully saturated rings. The summed E-state index contributed by atoms with van der Waals surface area (Å²) < 4.78 is 143. The van der Waals surface area contributed by atoms with Gasteiger partial charge in [-0.3, -0.25) is 29.7 Å². The number of thiazole rings is 4. The quantitative estimate of drug-likeness (QED) is 0.0291. The monoisotopic (exact) mass is 2270 g/mol. The van der Waals surface area contributed by atoms with Crippen LogP contribution in [0.3, 0.4) is 0 Å². The highest BCUT2D eigenvalue weighted by Crippen LogP contribution is 2.49. The number of allylic oxidation sites excluding steroid dienone is 2. The number of nitrogens with zero attached hydrogens (tertiary/aromatic N) is 14. The molecule has 9 aromatic rings. The van der Waals surface area contributed by atoms with Crippen molar-refractivity contribution in [2.45, 2.75) is 77.3 Å². The number of halogens is 8. The third-order valence-electron chi connectivity index (χ3n) is 23.4. The second-order valence-corrected chi connectivity index (χ2v) is 44.2. The summed E-state index contributed by atoms with van der Waals surface area (Å²) in [4.78, 5) is 128. The van der Waals surface area contributed by atoms with Crippen LogP contribution in [0.1, 0.15) is 113 Å². The molecule has 139 heavy (non-hydrogen) atoms. The Bertz CT molecular complexity index is 6480. The molecule has 0 aliphatic carbocycles. The number of rotatable bonds is 25. The number of sulfone groups is 2. The molecular formula is C94H92Br4F4N14O17S6. The normalized spacial score (nSPS) is 20.2. The van der Waals surface area contributed by atoms with E-state index >= 15 is 0 Å². The van der Waals surface area contributed by atoms with E-state index < -0.39 is 103 Å². The summed E-state index contributed by atoms with van der Waals surface area (Å²) in [5, 5.41) is 9.94. The predicted octanol–water partition coefficient (Wildman–Crippen LogP) is 15.3. The zero-order valence-electron chi connectivity index (χ0n) is 75.9. The Morgan fingerprint density at radius 1 is 0.453 bits per heavy atom. The maximum Gasteiger partial charge on any atom is 0.338 e. The van der Waals surface area contributed by atoms with Crippen molar-refractivity contribution >= 4 is 188 Å². The lowest BCUT2D eigenvalue weighted by atomic mass is 9.92. The highest BCUT2D eigenvalue weighted by Gasteiger charge is 2.50. The molecule has 0 saturated carbocycles. The summed E-state index contributed by atoms with van der Waals surface area (Å²) >= 11 is 19.3. The van der Waals surface area contributed by atoms with E-state index in [9.17, 15) is 63.2 Å². The van der Waals surface area contributed by atoms with Gasteiger partial charge in [0.1, 0.15) is 78.9 Å². The summed E-state index contributed by atoms with van der Waals surface area (Å²) in [6, 6.07) is 20.8. The number of aromatic nitrogens is 4. The molecule has 13 heterocycles. The number of carbonyl (C=O) groups excluding carboxylic acids is 6. The first-order valence-electron chi connectivity index (χ1n) is 43.7. The van der Waals surface area contributed by atoms with Crippen molar-refractivity contribution in [2.24, 2.45) is 37.7 Å². The Morgan fingerprint density at radius 2 is 0.813 bits per heavy atom. The molecule has 1 amide bonds. The van der Waals surface area contributed by atoms with Crippen LogP contribution in [0.15, 0.2) is 226 Å². The van der Waals surface area contributed by atoms with E-state index in [1.807, 2.05) is 60.5 Å². The zero-order valence-corrected chi connectivity index (χ0v) is 87.1. The van der Waals surface area contributed by atoms with E-state index in [2.05, 4.69) is 88.6 Å². The van der Waals surface area contributed by atoms with Crippen LogP contribution in [0.4, 0.5) is 17.6 Å². The average molecular weight is 2280 g/mol. The third-order valence-corrected chi connectivity index (χ3v) is 31.4. The molecule has 18 rings (SSSR count). The van der Waals surface area contributed by atoms with Gasteiger partial charge in [-0.15, -0.1) is 45.3 Å². The fourth-order valence-corrected chi connectivity index (χ4v) is 24.6. The topological polar surface area (TPSA) is 356 Å². The standard InChI is InChI=1S/C29H28BrFN4O5S.C23H22BrFN4O4S.2C21H21BrFN3O4S2/c1-4-40-29(37)24-22-15-34(14-17-5-8-19(38-2)9-6-17)16-23(28(36)39-3)35(22)26(27-32-11-12-41-27)33-25(24)20-10-7-18(31)13-21(20)30;1-2-33-23(31)18-17-10-28(22(30)13-11-32-12-13)6-7-29(17)20(21-26-5-8-34-21)27-19(18)15-4-3-14(25)9-16(15)24;2*1-3-30-21(27)17-16-8-12(11-32(2,28)29)10-26(16)19(20-24-6-7-31-20)25-18(17)14-5-4-13(23)9-15(14)22/h5-13,23,25H,4,14-16H2,1-3H3;3-5,8-9,13,19H,2,6-7,10-12H2,1H3;2*4-7,9,12,18H,3,8,10-11H2,1-2H3/t23-,25-;19-;12-,18+;12-,18-/m0010/s1. The van der Waals surface area contributed by atoms with Crippen LogP contribution in [0, 0.1) is 41.0 Å². The number of hydrogen-bond acceptors (Lipinski definition) is 34. The number of amidine groups is 4. The van der Waals surface area contributed by atoms with Gasteiger partial charge in [-0.2, -0.15) is 0 Å². The molecule has 9 aliphatic heterocycles. The van der Waals surface area contributed by atoms with Gasteiger partial charge in [0.2, 0.25) is 5.91 Å². The van der Waals surface area contributed by atoms with Gasteiger partial charge in [-0.25, -0.2) is 78.3 Å². The number of amides is 1. The molecule has 0 bridgehead atoms. The molecule has 0 radical (unpaired) electrons. The Balaban J connectivity index is 0.000000141. The molecule has 0 N–H and O–H groups in total. The van der Waals surface area contributed by atoms with Crippen LogP contribution < -0.4 is 4.74 Å². The van der Waals surface area contributed by atoms with Gasteiger partial charge in [0.25, 0.3) is 0 Å². The fourth-order valence-electron chi connectivity index (χ4n) is 17.6. The number of carbonyl (C=O) groups is 6. The second kappa shape index (κ2) is 45.2. The van der Waals surface area contributed by atoms with Crippen molar-refractivity contribution in [2.75, 3.05) is 124 Å². The minimum absolute atomic E-state index is 0.000830. The predicted molar refractivity (Wildman–Crippen MR) is 529 cm³/mol. The number of fused-ring (bicyclic) bond motifs is 4. The fraction of sp³-hybridized carbons (Fsp3) is 0.362. The first kappa shape index (κ1) is 103. The summed E-state index contributed by atoms with van der Waals surface area (Å²) in [6.07, 6.45) is 9.88. The van der Waals surface area contributed by atoms with Crippen molar-refractivity contribution in [1.82, 2.24) is 49.3 Å². The molecule has 31 nitrogen and oxygen atoms in total. The lowest BCUT2D eigenvalue weighted by molar-refractivity contribution is -0.151. The molecule has 7 atom stereocenters. The number of benzene rings is 5. The SMILES string of the molecule is CCOC(=O)C1=C2CN(C(=O)C3COC3)CCN2C(c2nccs2)=N[C@H]1c1ccc(F)cc1Br.CCOC(=O)C1=C2CN(Cc3ccc(OC)cc3)C[C@@H](C(=O)OC)N2C(c2nccs2)=N[C@H]1c1ccc(F)cc1Br.CCOC(=O)C1=C2C[C@@H](CS(C)(=O)=O)CN2C(c2nccs2)=N[C@H]1c1ccc(F)cc1Br.CCOC(=O)C1=C2C[C@H](CS(C)(=O)=O)CN2C(c2nccs2)=N[C@H]1c1ccc(F)cc1Br. The second-order valence-electron chi connectivity index (χ2n) is 32.9. The van der Waals surface area contributed by atoms with Crippen LogP contribution in [0.25, 0.3) is 0 Å². The third kappa shape index (κ3) is 23.5. The maximum absolute atomic E-state index is 14.1. The first-order chi connectivity index (χ1) is 66.7. The molecule has 0 spiro atoms. The minimum Gasteiger partial charge on any atom is -0.497 e. The molecule has 732 valence electrons. The molecule has 4 aromatic heterocycles. The first-order valence-corrected chi connectivity index (χ1v) is 54.6. The summed E-state index contributed by atoms with van der Waals surface area (Å²) in [5.74, 6) is -1.86. The van der Waals surface area contributed by atoms with Crippen LogP contribution in [0.2, 0.25) is 0 Å². The number of methoxy groups -OCH3 is 2.